The fourth-order valence-corrected chi connectivity index (χ4v) is 2.49. The molecule has 3 heteroatoms. The van der Waals surface area contributed by atoms with Gasteiger partial charge in [0.1, 0.15) is 0 Å². The number of H-pyrrole nitrogens is 1. The molecule has 0 unspecified atom stereocenters. The van der Waals surface area contributed by atoms with E-state index in [1.54, 1.807) is 0 Å². The van der Waals surface area contributed by atoms with E-state index in [-0.39, 0.29) is 0 Å². The zero-order chi connectivity index (χ0) is 10.8. The van der Waals surface area contributed by atoms with Crippen LogP contribution in [0.15, 0.2) is 24.5 Å². The molecule has 0 atom stereocenters. The zero-order valence-corrected chi connectivity index (χ0v) is 9.45. The summed E-state index contributed by atoms with van der Waals surface area (Å²) in [5.41, 5.74) is 3.64. The third kappa shape index (κ3) is 1.83. The largest absolute Gasteiger partial charge is 0.360 e. The molecule has 3 rings (SSSR count). The Balaban J connectivity index is 1.73. The van der Waals surface area contributed by atoms with Crippen LogP contribution in [0.2, 0.25) is 0 Å². The van der Waals surface area contributed by atoms with Gasteiger partial charge in [-0.3, -0.25) is 4.98 Å². The number of fused-ring (bicyclic) bond motifs is 1. The fourth-order valence-electron chi connectivity index (χ4n) is 2.49. The SMILES string of the molecule is c1cnc2c(CCN3CCCC3)c[nH]c2c1. The van der Waals surface area contributed by atoms with Gasteiger partial charge in [-0.05, 0) is 50.0 Å². The van der Waals surface area contributed by atoms with Crippen LogP contribution in [0.3, 0.4) is 0 Å². The number of hydrogen-bond acceptors (Lipinski definition) is 2. The molecule has 0 spiro atoms. The highest BCUT2D eigenvalue weighted by atomic mass is 15.1. The molecule has 0 bridgehead atoms. The predicted molar refractivity (Wildman–Crippen MR) is 65.5 cm³/mol. The molecule has 3 heterocycles. The summed E-state index contributed by atoms with van der Waals surface area (Å²) in [6.45, 7) is 3.72. The average molecular weight is 215 g/mol. The second-order valence-corrected chi connectivity index (χ2v) is 4.51. The van der Waals surface area contributed by atoms with Crippen molar-refractivity contribution in [2.75, 3.05) is 19.6 Å². The molecule has 1 saturated heterocycles. The van der Waals surface area contributed by atoms with Crippen molar-refractivity contribution in [2.45, 2.75) is 19.3 Å². The summed E-state index contributed by atoms with van der Waals surface area (Å²) in [6.07, 6.45) is 7.82. The number of likely N-dealkylation sites (tertiary alicyclic amines) is 1. The number of nitrogens with one attached hydrogen (secondary N) is 1. The monoisotopic (exact) mass is 215 g/mol. The van der Waals surface area contributed by atoms with E-state index >= 15 is 0 Å². The van der Waals surface area contributed by atoms with Crippen molar-refractivity contribution in [1.29, 1.82) is 0 Å². The van der Waals surface area contributed by atoms with Crippen LogP contribution in [0.25, 0.3) is 11.0 Å². The average Bonchev–Trinajstić information content (AvgIpc) is 2.96. The number of aromatic nitrogens is 2. The summed E-state index contributed by atoms with van der Waals surface area (Å²) in [7, 11) is 0. The lowest BCUT2D eigenvalue weighted by Crippen LogP contribution is -2.21. The van der Waals surface area contributed by atoms with Crippen molar-refractivity contribution in [2.24, 2.45) is 0 Å². The number of hydrogen-bond donors (Lipinski definition) is 1. The Labute approximate surface area is 95.5 Å². The molecule has 3 nitrogen and oxygen atoms in total. The van der Waals surface area contributed by atoms with Crippen LogP contribution in [0.1, 0.15) is 18.4 Å². The molecule has 0 radical (unpaired) electrons. The Hall–Kier alpha value is -1.35. The molecule has 1 N–H and O–H groups in total. The molecule has 1 aliphatic rings. The summed E-state index contributed by atoms with van der Waals surface area (Å²) in [4.78, 5) is 10.3. The molecule has 1 fully saturated rings. The second kappa shape index (κ2) is 4.26. The van der Waals surface area contributed by atoms with Crippen molar-refractivity contribution in [3.05, 3.63) is 30.1 Å². The molecule has 16 heavy (non-hydrogen) atoms. The van der Waals surface area contributed by atoms with E-state index in [0.717, 1.165) is 17.5 Å². The minimum absolute atomic E-state index is 1.11. The van der Waals surface area contributed by atoms with Gasteiger partial charge >= 0.3 is 0 Å². The second-order valence-electron chi connectivity index (χ2n) is 4.51. The van der Waals surface area contributed by atoms with Crippen LogP contribution in [-0.2, 0) is 6.42 Å². The molecule has 0 aliphatic carbocycles. The lowest BCUT2D eigenvalue weighted by molar-refractivity contribution is 0.344. The minimum Gasteiger partial charge on any atom is -0.360 e. The molecule has 0 amide bonds. The number of pyridine rings is 1. The Bertz CT molecular complexity index is 469. The van der Waals surface area contributed by atoms with Crippen molar-refractivity contribution in [3.8, 4) is 0 Å². The smallest absolute Gasteiger partial charge is 0.0911 e. The van der Waals surface area contributed by atoms with Crippen LogP contribution in [0, 0.1) is 0 Å². The van der Waals surface area contributed by atoms with Gasteiger partial charge in [0.2, 0.25) is 0 Å². The van der Waals surface area contributed by atoms with Crippen LogP contribution in [0.4, 0.5) is 0 Å². The van der Waals surface area contributed by atoms with Gasteiger partial charge in [-0.15, -0.1) is 0 Å². The van der Waals surface area contributed by atoms with Gasteiger partial charge in [0.05, 0.1) is 11.0 Å². The first-order valence-electron chi connectivity index (χ1n) is 6.07. The lowest BCUT2D eigenvalue weighted by atomic mass is 10.2. The minimum atomic E-state index is 1.11. The van der Waals surface area contributed by atoms with Crippen molar-refractivity contribution < 1.29 is 0 Å². The van der Waals surface area contributed by atoms with Gasteiger partial charge in [0.15, 0.2) is 0 Å². The molecular weight excluding hydrogens is 198 g/mol. The zero-order valence-electron chi connectivity index (χ0n) is 9.45. The summed E-state index contributed by atoms with van der Waals surface area (Å²) in [6, 6.07) is 4.06. The van der Waals surface area contributed by atoms with Crippen LogP contribution < -0.4 is 0 Å². The summed E-state index contributed by atoms with van der Waals surface area (Å²) >= 11 is 0. The summed E-state index contributed by atoms with van der Waals surface area (Å²) in [5.74, 6) is 0. The quantitative estimate of drug-likeness (QED) is 0.851. The first kappa shape index (κ1) is 9.85. The van der Waals surface area contributed by atoms with E-state index in [4.69, 9.17) is 0 Å². The molecule has 1 aliphatic heterocycles. The van der Waals surface area contributed by atoms with Gasteiger partial charge in [0, 0.05) is 18.9 Å². The third-order valence-electron chi connectivity index (χ3n) is 3.41. The van der Waals surface area contributed by atoms with Gasteiger partial charge < -0.3 is 9.88 Å². The van der Waals surface area contributed by atoms with Gasteiger partial charge in [-0.1, -0.05) is 0 Å². The maximum atomic E-state index is 4.44. The first-order chi connectivity index (χ1) is 7.93. The fraction of sp³-hybridized carbons (Fsp3) is 0.462. The molecule has 2 aromatic heterocycles. The highest BCUT2D eigenvalue weighted by Crippen LogP contribution is 2.16. The lowest BCUT2D eigenvalue weighted by Gasteiger charge is -2.13. The van der Waals surface area contributed by atoms with Crippen molar-refractivity contribution in [3.63, 3.8) is 0 Å². The Morgan fingerprint density at radius 3 is 3.06 bits per heavy atom. The third-order valence-corrected chi connectivity index (χ3v) is 3.41. The van der Waals surface area contributed by atoms with Gasteiger partial charge in [-0.25, -0.2) is 0 Å². The van der Waals surface area contributed by atoms with E-state index in [1.807, 2.05) is 12.3 Å². The van der Waals surface area contributed by atoms with Crippen LogP contribution in [0.5, 0.6) is 0 Å². The van der Waals surface area contributed by atoms with Crippen LogP contribution >= 0.6 is 0 Å². The number of rotatable bonds is 3. The Morgan fingerprint density at radius 1 is 1.31 bits per heavy atom. The highest BCUT2D eigenvalue weighted by Gasteiger charge is 2.12. The highest BCUT2D eigenvalue weighted by molar-refractivity contribution is 5.78. The van der Waals surface area contributed by atoms with Gasteiger partial charge in [-0.2, -0.15) is 0 Å². The molecule has 0 aromatic carbocycles. The number of aromatic amines is 1. The molecular formula is C13H17N3. The Kier molecular flexibility index (Phi) is 2.62. The predicted octanol–water partition coefficient (Wildman–Crippen LogP) is 2.20. The maximum absolute atomic E-state index is 4.44. The van der Waals surface area contributed by atoms with E-state index < -0.39 is 0 Å². The molecule has 84 valence electrons. The maximum Gasteiger partial charge on any atom is 0.0911 e. The Morgan fingerprint density at radius 2 is 2.19 bits per heavy atom. The normalized spacial score (nSPS) is 17.2. The van der Waals surface area contributed by atoms with Crippen LogP contribution in [-0.4, -0.2) is 34.5 Å². The molecule has 2 aromatic rings. The van der Waals surface area contributed by atoms with E-state index in [0.29, 0.717) is 0 Å². The summed E-state index contributed by atoms with van der Waals surface area (Å²) < 4.78 is 0. The number of nitrogens with zero attached hydrogens (tertiary/aromatic N) is 2. The van der Waals surface area contributed by atoms with Crippen molar-refractivity contribution >= 4 is 11.0 Å². The topological polar surface area (TPSA) is 31.9 Å². The van der Waals surface area contributed by atoms with Gasteiger partial charge in [0.25, 0.3) is 0 Å². The van der Waals surface area contributed by atoms with E-state index in [1.165, 1.54) is 38.0 Å². The first-order valence-corrected chi connectivity index (χ1v) is 6.07. The van der Waals surface area contributed by atoms with Crippen molar-refractivity contribution in [1.82, 2.24) is 14.9 Å². The van der Waals surface area contributed by atoms with E-state index in [9.17, 15) is 0 Å². The standard InChI is InChI=1S/C13H17N3/c1-2-8-16(7-1)9-5-11-10-15-12-4-3-6-14-13(11)12/h3-4,6,10,15H,1-2,5,7-9H2. The molecule has 0 saturated carbocycles. The summed E-state index contributed by atoms with van der Waals surface area (Å²) in [5, 5.41) is 0. The van der Waals surface area contributed by atoms with E-state index in [2.05, 4.69) is 27.1 Å².